The molecule has 0 aliphatic rings. The average molecular weight is 229 g/mol. The Kier molecular flexibility index (Phi) is 2.52. The van der Waals surface area contributed by atoms with Crippen LogP contribution in [-0.4, -0.2) is 11.4 Å². The van der Waals surface area contributed by atoms with E-state index in [2.05, 4.69) is 15.9 Å². The van der Waals surface area contributed by atoms with E-state index in [0.29, 0.717) is 16.3 Å². The van der Waals surface area contributed by atoms with E-state index in [0.717, 1.165) is 11.1 Å². The Bertz CT molecular complexity index is 332. The van der Waals surface area contributed by atoms with E-state index in [1.165, 1.54) is 0 Å². The lowest BCUT2D eigenvalue weighted by Crippen LogP contribution is -1.89. The van der Waals surface area contributed by atoms with Crippen LogP contribution in [0.4, 0.5) is 0 Å². The smallest absolute Gasteiger partial charge is 0.153 e. The van der Waals surface area contributed by atoms with E-state index in [9.17, 15) is 9.90 Å². The van der Waals surface area contributed by atoms with Gasteiger partial charge in [0.1, 0.15) is 5.75 Å². The SMILES string of the molecule is Cc1cc(C=O)c(O)c(Br)c1C. The molecule has 1 rings (SSSR count). The zero-order chi connectivity index (χ0) is 9.30. The molecule has 0 saturated heterocycles. The molecule has 64 valence electrons. The molecule has 0 radical (unpaired) electrons. The van der Waals surface area contributed by atoms with Gasteiger partial charge in [-0.1, -0.05) is 0 Å². The number of carbonyl (C=O) groups excluding carboxylic acids is 1. The molecular formula is C9H9BrO2. The maximum absolute atomic E-state index is 10.5. The fourth-order valence-electron chi connectivity index (χ4n) is 0.977. The van der Waals surface area contributed by atoms with E-state index in [1.807, 2.05) is 13.8 Å². The van der Waals surface area contributed by atoms with E-state index in [4.69, 9.17) is 0 Å². The van der Waals surface area contributed by atoms with Crippen molar-refractivity contribution in [1.29, 1.82) is 0 Å². The van der Waals surface area contributed by atoms with Crippen molar-refractivity contribution in [2.45, 2.75) is 13.8 Å². The van der Waals surface area contributed by atoms with Crippen LogP contribution in [0.2, 0.25) is 0 Å². The second-order valence-corrected chi connectivity index (χ2v) is 3.48. The molecule has 0 atom stereocenters. The highest BCUT2D eigenvalue weighted by molar-refractivity contribution is 9.10. The van der Waals surface area contributed by atoms with Crippen molar-refractivity contribution >= 4 is 22.2 Å². The largest absolute Gasteiger partial charge is 0.506 e. The minimum Gasteiger partial charge on any atom is -0.506 e. The lowest BCUT2D eigenvalue weighted by atomic mass is 10.1. The first-order valence-corrected chi connectivity index (χ1v) is 4.31. The molecule has 0 saturated carbocycles. The molecule has 0 amide bonds. The van der Waals surface area contributed by atoms with Crippen molar-refractivity contribution in [2.24, 2.45) is 0 Å². The van der Waals surface area contributed by atoms with Gasteiger partial charge in [-0.25, -0.2) is 0 Å². The van der Waals surface area contributed by atoms with Gasteiger partial charge in [-0.2, -0.15) is 0 Å². The molecule has 0 unspecified atom stereocenters. The van der Waals surface area contributed by atoms with Gasteiger partial charge in [0.15, 0.2) is 6.29 Å². The molecule has 12 heavy (non-hydrogen) atoms. The number of benzene rings is 1. The number of hydrogen-bond donors (Lipinski definition) is 1. The van der Waals surface area contributed by atoms with Gasteiger partial charge in [-0.05, 0) is 47.0 Å². The number of phenols is 1. The van der Waals surface area contributed by atoms with Crippen LogP contribution in [0.15, 0.2) is 10.5 Å². The number of rotatable bonds is 1. The third-order valence-electron chi connectivity index (χ3n) is 1.90. The number of phenolic OH excluding ortho intramolecular Hbond substituents is 1. The number of aryl methyl sites for hydroxylation is 1. The lowest BCUT2D eigenvalue weighted by Gasteiger charge is -2.06. The number of aromatic hydroxyl groups is 1. The predicted molar refractivity (Wildman–Crippen MR) is 50.7 cm³/mol. The highest BCUT2D eigenvalue weighted by Crippen LogP contribution is 2.32. The van der Waals surface area contributed by atoms with Crippen LogP contribution in [0.1, 0.15) is 21.5 Å². The van der Waals surface area contributed by atoms with Crippen molar-refractivity contribution in [3.63, 3.8) is 0 Å². The molecule has 1 aromatic rings. The molecule has 0 fully saturated rings. The highest BCUT2D eigenvalue weighted by atomic mass is 79.9. The summed E-state index contributed by atoms with van der Waals surface area (Å²) in [6.45, 7) is 3.78. The maximum Gasteiger partial charge on any atom is 0.153 e. The Hall–Kier alpha value is -0.830. The first-order valence-electron chi connectivity index (χ1n) is 3.51. The van der Waals surface area contributed by atoms with Gasteiger partial charge in [0.2, 0.25) is 0 Å². The molecule has 0 heterocycles. The molecule has 0 bridgehead atoms. The lowest BCUT2D eigenvalue weighted by molar-refractivity contribution is 0.112. The molecular weight excluding hydrogens is 220 g/mol. The van der Waals surface area contributed by atoms with E-state index < -0.39 is 0 Å². The quantitative estimate of drug-likeness (QED) is 0.751. The second-order valence-electron chi connectivity index (χ2n) is 2.69. The summed E-state index contributed by atoms with van der Waals surface area (Å²) in [6.07, 6.45) is 0.645. The first-order chi connectivity index (χ1) is 5.57. The first kappa shape index (κ1) is 9.26. The molecule has 1 aromatic carbocycles. The third-order valence-corrected chi connectivity index (χ3v) is 2.87. The Morgan fingerprint density at radius 3 is 2.58 bits per heavy atom. The summed E-state index contributed by atoms with van der Waals surface area (Å²) in [5, 5.41) is 9.42. The van der Waals surface area contributed by atoms with Gasteiger partial charge in [0.05, 0.1) is 10.0 Å². The zero-order valence-electron chi connectivity index (χ0n) is 6.89. The summed E-state index contributed by atoms with van der Waals surface area (Å²) < 4.78 is 0.601. The Morgan fingerprint density at radius 1 is 1.50 bits per heavy atom. The highest BCUT2D eigenvalue weighted by Gasteiger charge is 2.09. The Labute approximate surface area is 79.3 Å². The van der Waals surface area contributed by atoms with Crippen LogP contribution in [0, 0.1) is 13.8 Å². The van der Waals surface area contributed by atoms with Crippen LogP contribution >= 0.6 is 15.9 Å². The Morgan fingerprint density at radius 2 is 2.08 bits per heavy atom. The third kappa shape index (κ3) is 1.37. The van der Waals surface area contributed by atoms with Crippen molar-refractivity contribution in [2.75, 3.05) is 0 Å². The van der Waals surface area contributed by atoms with Crippen molar-refractivity contribution < 1.29 is 9.90 Å². The van der Waals surface area contributed by atoms with Crippen LogP contribution in [0.5, 0.6) is 5.75 Å². The molecule has 1 N–H and O–H groups in total. The predicted octanol–water partition coefficient (Wildman–Crippen LogP) is 2.58. The van der Waals surface area contributed by atoms with E-state index in [-0.39, 0.29) is 5.75 Å². The topological polar surface area (TPSA) is 37.3 Å². The number of aldehydes is 1. The van der Waals surface area contributed by atoms with Gasteiger partial charge < -0.3 is 5.11 Å². The fourth-order valence-corrected chi connectivity index (χ4v) is 1.52. The number of hydrogen-bond acceptors (Lipinski definition) is 2. The minimum absolute atomic E-state index is 0.0214. The zero-order valence-corrected chi connectivity index (χ0v) is 8.47. The van der Waals surface area contributed by atoms with E-state index >= 15 is 0 Å². The average Bonchev–Trinajstić information content (AvgIpc) is 2.08. The minimum atomic E-state index is 0.0214. The summed E-state index contributed by atoms with van der Waals surface area (Å²) in [4.78, 5) is 10.5. The molecule has 2 nitrogen and oxygen atoms in total. The molecule has 0 aliphatic carbocycles. The van der Waals surface area contributed by atoms with Gasteiger partial charge >= 0.3 is 0 Å². The normalized spacial score (nSPS) is 9.92. The van der Waals surface area contributed by atoms with Crippen LogP contribution in [0.25, 0.3) is 0 Å². The fraction of sp³-hybridized carbons (Fsp3) is 0.222. The van der Waals surface area contributed by atoms with Crippen molar-refractivity contribution in [3.8, 4) is 5.75 Å². The monoisotopic (exact) mass is 228 g/mol. The second kappa shape index (κ2) is 3.27. The summed E-state index contributed by atoms with van der Waals surface area (Å²) in [5.41, 5.74) is 2.27. The number of halogens is 1. The summed E-state index contributed by atoms with van der Waals surface area (Å²) in [5.74, 6) is 0.0214. The summed E-state index contributed by atoms with van der Waals surface area (Å²) >= 11 is 3.21. The standard InChI is InChI=1S/C9H9BrO2/c1-5-3-7(4-11)9(12)8(10)6(5)2/h3-4,12H,1-2H3. The molecule has 0 spiro atoms. The molecule has 0 aliphatic heterocycles. The van der Waals surface area contributed by atoms with Crippen molar-refractivity contribution in [1.82, 2.24) is 0 Å². The maximum atomic E-state index is 10.5. The summed E-state index contributed by atoms with van der Waals surface area (Å²) in [6, 6.07) is 1.67. The van der Waals surface area contributed by atoms with Gasteiger partial charge in [-0.15, -0.1) is 0 Å². The summed E-state index contributed by atoms with van der Waals surface area (Å²) in [7, 11) is 0. The van der Waals surface area contributed by atoms with E-state index in [1.54, 1.807) is 6.07 Å². The van der Waals surface area contributed by atoms with Gasteiger partial charge in [0.25, 0.3) is 0 Å². The van der Waals surface area contributed by atoms with Crippen LogP contribution in [-0.2, 0) is 0 Å². The van der Waals surface area contributed by atoms with Crippen LogP contribution < -0.4 is 0 Å². The van der Waals surface area contributed by atoms with Gasteiger partial charge in [0, 0.05) is 0 Å². The number of carbonyl (C=O) groups is 1. The Balaban J connectivity index is 3.49. The molecule has 3 heteroatoms. The van der Waals surface area contributed by atoms with Crippen LogP contribution in [0.3, 0.4) is 0 Å². The van der Waals surface area contributed by atoms with Gasteiger partial charge in [-0.3, -0.25) is 4.79 Å². The molecule has 0 aromatic heterocycles. The van der Waals surface area contributed by atoms with Crippen molar-refractivity contribution in [3.05, 3.63) is 27.2 Å².